The van der Waals surface area contributed by atoms with Gasteiger partial charge in [-0.15, -0.1) is 0 Å². The molecule has 16 heavy (non-hydrogen) atoms. The van der Waals surface area contributed by atoms with E-state index in [4.69, 9.17) is 5.11 Å². The zero-order chi connectivity index (χ0) is 12.0. The van der Waals surface area contributed by atoms with Gasteiger partial charge in [0.05, 0.1) is 12.9 Å². The molecule has 1 N–H and O–H groups in total. The molecule has 0 atom stereocenters. The van der Waals surface area contributed by atoms with Crippen molar-refractivity contribution in [1.29, 1.82) is 0 Å². The molecular weight excluding hydrogens is 207 g/mol. The van der Waals surface area contributed by atoms with Gasteiger partial charge in [-0.2, -0.15) is 0 Å². The summed E-state index contributed by atoms with van der Waals surface area (Å²) in [6.07, 6.45) is 1.56. The molecule has 1 aromatic rings. The van der Waals surface area contributed by atoms with Crippen LogP contribution in [0, 0.1) is 5.82 Å². The first-order valence-electron chi connectivity index (χ1n) is 4.89. The Balaban J connectivity index is 2.79. The molecule has 0 aliphatic heterocycles. The van der Waals surface area contributed by atoms with Crippen LogP contribution in [0.3, 0.4) is 0 Å². The molecular formula is C12H15FN2O. The Hall–Kier alpha value is -1.68. The Morgan fingerprint density at radius 2 is 2.38 bits per heavy atom. The maximum atomic E-state index is 13.0. The lowest BCUT2D eigenvalue weighted by molar-refractivity contribution is 0.295. The highest BCUT2D eigenvalue weighted by Crippen LogP contribution is 2.09. The molecule has 0 heterocycles. The summed E-state index contributed by atoms with van der Waals surface area (Å²) in [5.74, 6) is -0.277. The first-order chi connectivity index (χ1) is 7.67. The maximum absolute atomic E-state index is 13.0. The highest BCUT2D eigenvalue weighted by Gasteiger charge is 2.05. The molecule has 0 unspecified atom stereocenters. The number of halogens is 1. The van der Waals surface area contributed by atoms with Gasteiger partial charge in [-0.05, 0) is 17.7 Å². The summed E-state index contributed by atoms with van der Waals surface area (Å²) in [7, 11) is 1.63. The molecule has 0 spiro atoms. The summed E-state index contributed by atoms with van der Waals surface area (Å²) in [5.41, 5.74) is 1.32. The van der Waals surface area contributed by atoms with Crippen LogP contribution in [0.4, 0.5) is 4.39 Å². The zero-order valence-electron chi connectivity index (χ0n) is 9.23. The summed E-state index contributed by atoms with van der Waals surface area (Å²) < 4.78 is 13.0. The van der Waals surface area contributed by atoms with E-state index in [2.05, 4.69) is 11.6 Å². The lowest BCUT2D eigenvalue weighted by Crippen LogP contribution is -2.22. The van der Waals surface area contributed by atoms with Crippen LogP contribution in [-0.4, -0.2) is 30.0 Å². The standard InChI is InChI=1S/C12H15FN2O/c1-10(8-16)15(9-14-2)7-11-4-3-5-12(13)6-11/h3-6,9,16H,1,7-8H2,2H3. The average Bonchev–Trinajstić information content (AvgIpc) is 2.27. The van der Waals surface area contributed by atoms with Crippen molar-refractivity contribution in [2.24, 2.45) is 4.99 Å². The van der Waals surface area contributed by atoms with Gasteiger partial charge < -0.3 is 10.0 Å². The van der Waals surface area contributed by atoms with Crippen molar-refractivity contribution in [2.75, 3.05) is 13.7 Å². The van der Waals surface area contributed by atoms with Crippen LogP contribution >= 0.6 is 0 Å². The molecule has 86 valence electrons. The van der Waals surface area contributed by atoms with Crippen LogP contribution in [0.1, 0.15) is 5.56 Å². The minimum Gasteiger partial charge on any atom is -0.390 e. The summed E-state index contributed by atoms with van der Waals surface area (Å²) in [6, 6.07) is 6.29. The van der Waals surface area contributed by atoms with Gasteiger partial charge in [0.2, 0.25) is 0 Å². The molecule has 4 heteroatoms. The molecule has 1 rings (SSSR count). The molecule has 0 amide bonds. The smallest absolute Gasteiger partial charge is 0.123 e. The Bertz CT molecular complexity index is 390. The maximum Gasteiger partial charge on any atom is 0.123 e. The normalized spacial score (nSPS) is 10.7. The van der Waals surface area contributed by atoms with Gasteiger partial charge in [-0.25, -0.2) is 4.39 Å². The number of aliphatic imine (C=N–C) groups is 1. The van der Waals surface area contributed by atoms with Crippen molar-refractivity contribution < 1.29 is 9.50 Å². The molecule has 0 fully saturated rings. The predicted molar refractivity (Wildman–Crippen MR) is 62.6 cm³/mol. The summed E-state index contributed by atoms with van der Waals surface area (Å²) in [4.78, 5) is 5.53. The van der Waals surface area contributed by atoms with Crippen molar-refractivity contribution in [3.8, 4) is 0 Å². The minimum absolute atomic E-state index is 0.151. The van der Waals surface area contributed by atoms with Gasteiger partial charge >= 0.3 is 0 Å². The summed E-state index contributed by atoms with van der Waals surface area (Å²) in [6.45, 7) is 3.99. The van der Waals surface area contributed by atoms with Crippen LogP contribution in [0.2, 0.25) is 0 Å². The number of hydrogen-bond acceptors (Lipinski definition) is 2. The molecule has 3 nitrogen and oxygen atoms in total. The topological polar surface area (TPSA) is 35.8 Å². The summed E-state index contributed by atoms with van der Waals surface area (Å²) >= 11 is 0. The van der Waals surface area contributed by atoms with E-state index in [1.165, 1.54) is 12.1 Å². The zero-order valence-corrected chi connectivity index (χ0v) is 9.23. The highest BCUT2D eigenvalue weighted by atomic mass is 19.1. The van der Waals surface area contributed by atoms with E-state index in [9.17, 15) is 4.39 Å². The van der Waals surface area contributed by atoms with Crippen LogP contribution < -0.4 is 0 Å². The van der Waals surface area contributed by atoms with E-state index in [-0.39, 0.29) is 12.4 Å². The van der Waals surface area contributed by atoms with Crippen molar-refractivity contribution in [3.05, 3.63) is 47.9 Å². The largest absolute Gasteiger partial charge is 0.390 e. The third-order valence-electron chi connectivity index (χ3n) is 2.09. The molecule has 0 radical (unpaired) electrons. The lowest BCUT2D eigenvalue weighted by atomic mass is 10.2. The number of rotatable bonds is 5. The Morgan fingerprint density at radius 1 is 1.62 bits per heavy atom. The third-order valence-corrected chi connectivity index (χ3v) is 2.09. The molecule has 0 saturated heterocycles. The molecule has 0 aliphatic carbocycles. The molecule has 1 aromatic carbocycles. The van der Waals surface area contributed by atoms with Gasteiger partial charge in [0.15, 0.2) is 0 Å². The number of nitrogens with zero attached hydrogens (tertiary/aromatic N) is 2. The first-order valence-corrected chi connectivity index (χ1v) is 4.89. The molecule has 0 bridgehead atoms. The first kappa shape index (κ1) is 12.4. The van der Waals surface area contributed by atoms with Crippen LogP contribution in [0.5, 0.6) is 0 Å². The fourth-order valence-electron chi connectivity index (χ4n) is 1.30. The summed E-state index contributed by atoms with van der Waals surface area (Å²) in [5, 5.41) is 8.99. The van der Waals surface area contributed by atoms with Gasteiger partial charge in [0.25, 0.3) is 0 Å². The van der Waals surface area contributed by atoms with Gasteiger partial charge in [-0.3, -0.25) is 4.99 Å². The van der Waals surface area contributed by atoms with Crippen molar-refractivity contribution >= 4 is 6.34 Å². The van der Waals surface area contributed by atoms with Crippen molar-refractivity contribution in [2.45, 2.75) is 6.54 Å². The molecule has 0 saturated carbocycles. The van der Waals surface area contributed by atoms with E-state index in [0.717, 1.165) is 5.56 Å². The van der Waals surface area contributed by atoms with E-state index in [1.807, 2.05) is 6.07 Å². The SMILES string of the molecule is C=C(CO)N(C=NC)Cc1cccc(F)c1. The van der Waals surface area contributed by atoms with Crippen LogP contribution in [0.15, 0.2) is 41.5 Å². The fourth-order valence-corrected chi connectivity index (χ4v) is 1.30. The second-order valence-electron chi connectivity index (χ2n) is 3.36. The average molecular weight is 222 g/mol. The Kier molecular flexibility index (Phi) is 4.66. The Morgan fingerprint density at radius 3 is 2.94 bits per heavy atom. The van der Waals surface area contributed by atoms with Gasteiger partial charge in [0, 0.05) is 19.3 Å². The second-order valence-corrected chi connectivity index (χ2v) is 3.36. The van der Waals surface area contributed by atoms with E-state index >= 15 is 0 Å². The van der Waals surface area contributed by atoms with Gasteiger partial charge in [-0.1, -0.05) is 18.7 Å². The van der Waals surface area contributed by atoms with Crippen molar-refractivity contribution in [3.63, 3.8) is 0 Å². The second kappa shape index (κ2) is 6.02. The van der Waals surface area contributed by atoms with E-state index < -0.39 is 0 Å². The van der Waals surface area contributed by atoms with E-state index in [0.29, 0.717) is 12.2 Å². The quantitative estimate of drug-likeness (QED) is 0.609. The Labute approximate surface area is 94.5 Å². The fraction of sp³-hybridized carbons (Fsp3) is 0.250. The lowest BCUT2D eigenvalue weighted by Gasteiger charge is -2.20. The number of aliphatic hydroxyl groups is 1. The number of aliphatic hydroxyl groups excluding tert-OH is 1. The molecule has 0 aliphatic rings. The highest BCUT2D eigenvalue weighted by molar-refractivity contribution is 5.57. The number of hydrogen-bond donors (Lipinski definition) is 1. The van der Waals surface area contributed by atoms with E-state index in [1.54, 1.807) is 24.4 Å². The number of benzene rings is 1. The van der Waals surface area contributed by atoms with Crippen LogP contribution in [0.25, 0.3) is 0 Å². The minimum atomic E-state index is -0.277. The predicted octanol–water partition coefficient (Wildman–Crippen LogP) is 1.79. The van der Waals surface area contributed by atoms with Crippen LogP contribution in [-0.2, 0) is 6.54 Å². The van der Waals surface area contributed by atoms with Gasteiger partial charge in [0.1, 0.15) is 5.82 Å². The monoisotopic (exact) mass is 222 g/mol. The molecule has 0 aromatic heterocycles. The van der Waals surface area contributed by atoms with Crippen molar-refractivity contribution in [1.82, 2.24) is 4.90 Å². The third kappa shape index (κ3) is 3.47.